The lowest BCUT2D eigenvalue weighted by atomic mass is 10.1. The molecule has 0 bridgehead atoms. The van der Waals surface area contributed by atoms with Gasteiger partial charge in [-0.05, 0) is 12.8 Å². The lowest BCUT2D eigenvalue weighted by molar-refractivity contribution is -0.0295. The molecule has 1 aromatic carbocycles. The van der Waals surface area contributed by atoms with Crippen molar-refractivity contribution in [2.45, 2.75) is 26.9 Å². The lowest BCUT2D eigenvalue weighted by Gasteiger charge is -2.33. The van der Waals surface area contributed by atoms with Crippen molar-refractivity contribution in [1.82, 2.24) is 15.2 Å². The van der Waals surface area contributed by atoms with Gasteiger partial charge in [0.2, 0.25) is 0 Å². The van der Waals surface area contributed by atoms with Gasteiger partial charge in [-0.2, -0.15) is 0 Å². The zero-order valence-corrected chi connectivity index (χ0v) is 16.5. The van der Waals surface area contributed by atoms with Gasteiger partial charge in [-0.15, -0.1) is 11.3 Å². The molecule has 1 saturated heterocycles. The van der Waals surface area contributed by atoms with Gasteiger partial charge in [-0.25, -0.2) is 4.98 Å². The molecule has 1 fully saturated rings. The third kappa shape index (κ3) is 4.90. The van der Waals surface area contributed by atoms with E-state index in [4.69, 9.17) is 4.74 Å². The highest BCUT2D eigenvalue weighted by molar-refractivity contribution is 7.14. The van der Waals surface area contributed by atoms with Gasteiger partial charge < -0.3 is 10.1 Å². The van der Waals surface area contributed by atoms with E-state index in [1.165, 1.54) is 11.3 Å². The Morgan fingerprint density at radius 1 is 1.38 bits per heavy atom. The summed E-state index contributed by atoms with van der Waals surface area (Å²) in [6.45, 7) is 10.5. The van der Waals surface area contributed by atoms with E-state index in [1.54, 1.807) is 0 Å². The van der Waals surface area contributed by atoms with Crippen LogP contribution in [0, 0.1) is 12.8 Å². The monoisotopic (exact) mass is 373 g/mol. The van der Waals surface area contributed by atoms with Crippen LogP contribution in [-0.2, 0) is 4.74 Å². The Bertz CT molecular complexity index is 730. The number of hydrogen-bond donors (Lipinski definition) is 1. The van der Waals surface area contributed by atoms with Crippen molar-refractivity contribution in [3.8, 4) is 11.3 Å². The molecular weight excluding hydrogens is 346 g/mol. The average molecular weight is 374 g/mol. The third-order valence-electron chi connectivity index (χ3n) is 4.32. The van der Waals surface area contributed by atoms with E-state index < -0.39 is 0 Å². The summed E-state index contributed by atoms with van der Waals surface area (Å²) in [7, 11) is 0. The molecule has 0 unspecified atom stereocenters. The Labute approximate surface area is 159 Å². The second kappa shape index (κ2) is 8.75. The van der Waals surface area contributed by atoms with Crippen LogP contribution in [0.25, 0.3) is 11.3 Å². The minimum Gasteiger partial charge on any atom is -0.374 e. The number of ether oxygens (including phenoxy) is 1. The first-order valence-corrected chi connectivity index (χ1v) is 9.99. The van der Waals surface area contributed by atoms with Gasteiger partial charge in [0.05, 0.1) is 23.4 Å². The van der Waals surface area contributed by atoms with Crippen molar-refractivity contribution in [3.05, 3.63) is 40.2 Å². The van der Waals surface area contributed by atoms with Crippen molar-refractivity contribution in [1.29, 1.82) is 0 Å². The van der Waals surface area contributed by atoms with E-state index in [-0.39, 0.29) is 12.0 Å². The van der Waals surface area contributed by atoms with Gasteiger partial charge in [0, 0.05) is 31.7 Å². The van der Waals surface area contributed by atoms with E-state index in [1.807, 2.05) is 37.3 Å². The molecule has 2 aromatic rings. The van der Waals surface area contributed by atoms with Crippen LogP contribution < -0.4 is 5.32 Å². The molecule has 1 amide bonds. The summed E-state index contributed by atoms with van der Waals surface area (Å²) in [5.74, 6) is 0.566. The number of amides is 1. The summed E-state index contributed by atoms with van der Waals surface area (Å²) in [5.41, 5.74) is 1.73. The van der Waals surface area contributed by atoms with Crippen LogP contribution in [0.4, 0.5) is 0 Å². The van der Waals surface area contributed by atoms with Crippen molar-refractivity contribution < 1.29 is 9.53 Å². The Morgan fingerprint density at radius 2 is 2.15 bits per heavy atom. The fourth-order valence-corrected chi connectivity index (χ4v) is 4.10. The molecule has 1 aromatic heterocycles. The smallest absolute Gasteiger partial charge is 0.263 e. The average Bonchev–Trinajstić information content (AvgIpc) is 3.02. The number of rotatable bonds is 6. The first kappa shape index (κ1) is 19.0. The van der Waals surface area contributed by atoms with Crippen LogP contribution in [0.1, 0.15) is 28.5 Å². The molecule has 0 saturated carbocycles. The molecule has 0 aliphatic carbocycles. The van der Waals surface area contributed by atoms with Gasteiger partial charge in [0.1, 0.15) is 4.88 Å². The van der Waals surface area contributed by atoms with E-state index in [0.717, 1.165) is 42.5 Å². The number of benzene rings is 1. The van der Waals surface area contributed by atoms with Crippen LogP contribution in [0.15, 0.2) is 30.3 Å². The number of morpholine rings is 1. The summed E-state index contributed by atoms with van der Waals surface area (Å²) in [5, 5.41) is 3.94. The highest BCUT2D eigenvalue weighted by atomic mass is 32.1. The minimum atomic E-state index is -0.0703. The number of aryl methyl sites for hydroxylation is 1. The number of nitrogens with one attached hydrogen (secondary N) is 1. The summed E-state index contributed by atoms with van der Waals surface area (Å²) >= 11 is 1.44. The van der Waals surface area contributed by atoms with Crippen molar-refractivity contribution in [2.24, 2.45) is 5.92 Å². The first-order chi connectivity index (χ1) is 12.5. The molecule has 3 rings (SSSR count). The summed E-state index contributed by atoms with van der Waals surface area (Å²) in [6.07, 6.45) is 0.0423. The Hall–Kier alpha value is -1.76. The molecule has 26 heavy (non-hydrogen) atoms. The van der Waals surface area contributed by atoms with Crippen molar-refractivity contribution >= 4 is 17.2 Å². The van der Waals surface area contributed by atoms with E-state index in [2.05, 4.69) is 29.0 Å². The summed E-state index contributed by atoms with van der Waals surface area (Å²) in [6, 6.07) is 9.86. The molecule has 1 aliphatic rings. The fraction of sp³-hybridized carbons (Fsp3) is 0.500. The lowest BCUT2D eigenvalue weighted by Crippen LogP contribution is -2.48. The Morgan fingerprint density at radius 3 is 2.88 bits per heavy atom. The van der Waals surface area contributed by atoms with Gasteiger partial charge in [-0.1, -0.05) is 44.2 Å². The fourth-order valence-electron chi connectivity index (χ4n) is 3.25. The van der Waals surface area contributed by atoms with Crippen LogP contribution in [0.5, 0.6) is 0 Å². The second-order valence-corrected chi connectivity index (χ2v) is 8.34. The summed E-state index contributed by atoms with van der Waals surface area (Å²) < 4.78 is 5.83. The predicted molar refractivity (Wildman–Crippen MR) is 106 cm³/mol. The summed E-state index contributed by atoms with van der Waals surface area (Å²) in [4.78, 5) is 20.4. The standard InChI is InChI=1S/C20H27N3O2S/c1-14(2)12-23-9-10-25-17(13-23)11-21-20(24)19-18(22-15(3)26-19)16-7-5-4-6-8-16/h4-8,14,17H,9-13H2,1-3H3,(H,21,24)/t17-/m1/s1. The third-order valence-corrected chi connectivity index (χ3v) is 5.29. The number of nitrogens with zero attached hydrogens (tertiary/aromatic N) is 2. The molecule has 6 heteroatoms. The van der Waals surface area contributed by atoms with E-state index >= 15 is 0 Å². The molecule has 0 radical (unpaired) electrons. The van der Waals surface area contributed by atoms with Crippen LogP contribution in [0.2, 0.25) is 0 Å². The minimum absolute atomic E-state index is 0.0423. The van der Waals surface area contributed by atoms with Gasteiger partial charge in [-0.3, -0.25) is 9.69 Å². The number of aromatic nitrogens is 1. The number of carbonyl (C=O) groups excluding carboxylic acids is 1. The van der Waals surface area contributed by atoms with Gasteiger partial charge >= 0.3 is 0 Å². The first-order valence-electron chi connectivity index (χ1n) is 9.18. The van der Waals surface area contributed by atoms with E-state index in [0.29, 0.717) is 17.3 Å². The highest BCUT2D eigenvalue weighted by Gasteiger charge is 2.23. The van der Waals surface area contributed by atoms with Gasteiger partial charge in [0.15, 0.2) is 0 Å². The molecular formula is C20H27N3O2S. The maximum absolute atomic E-state index is 12.7. The molecule has 5 nitrogen and oxygen atoms in total. The molecule has 1 aliphatic heterocycles. The molecule has 1 atom stereocenters. The molecule has 1 N–H and O–H groups in total. The largest absolute Gasteiger partial charge is 0.374 e. The maximum atomic E-state index is 12.7. The second-order valence-electron chi connectivity index (χ2n) is 7.13. The molecule has 140 valence electrons. The van der Waals surface area contributed by atoms with Crippen LogP contribution >= 0.6 is 11.3 Å². The number of carbonyl (C=O) groups is 1. The Kier molecular flexibility index (Phi) is 6.40. The zero-order valence-electron chi connectivity index (χ0n) is 15.7. The van der Waals surface area contributed by atoms with E-state index in [9.17, 15) is 4.79 Å². The zero-order chi connectivity index (χ0) is 18.5. The van der Waals surface area contributed by atoms with Crippen molar-refractivity contribution in [2.75, 3.05) is 32.8 Å². The normalized spacial score (nSPS) is 18.2. The van der Waals surface area contributed by atoms with Crippen LogP contribution in [0.3, 0.4) is 0 Å². The SMILES string of the molecule is Cc1nc(-c2ccccc2)c(C(=O)NC[C@@H]2CN(CC(C)C)CCO2)s1. The van der Waals surface area contributed by atoms with Crippen molar-refractivity contribution in [3.63, 3.8) is 0 Å². The van der Waals surface area contributed by atoms with Gasteiger partial charge in [0.25, 0.3) is 5.91 Å². The molecule has 2 heterocycles. The van der Waals surface area contributed by atoms with Crippen LogP contribution in [-0.4, -0.2) is 54.7 Å². The molecule has 0 spiro atoms. The quantitative estimate of drug-likeness (QED) is 0.845. The Balaban J connectivity index is 1.62. The maximum Gasteiger partial charge on any atom is 0.263 e. The number of hydrogen-bond acceptors (Lipinski definition) is 5. The highest BCUT2D eigenvalue weighted by Crippen LogP contribution is 2.27. The topological polar surface area (TPSA) is 54.5 Å². The predicted octanol–water partition coefficient (Wildman–Crippen LogP) is 3.21. The number of thiazole rings is 1.